The van der Waals surface area contributed by atoms with E-state index in [1.165, 1.54) is 0 Å². The Labute approximate surface area is 371 Å². The van der Waals surface area contributed by atoms with E-state index in [0.29, 0.717) is 12.8 Å². The van der Waals surface area contributed by atoms with Crippen LogP contribution in [0.25, 0.3) is 0 Å². The van der Waals surface area contributed by atoms with Gasteiger partial charge in [-0.15, -0.1) is 0 Å². The molecule has 0 amide bonds. The zero-order valence-electron chi connectivity index (χ0n) is 38.8. The van der Waals surface area contributed by atoms with E-state index in [1.54, 1.807) is 21.1 Å². The number of carbonyl (C=O) groups excluding carboxylic acids is 3. The van der Waals surface area contributed by atoms with Crippen LogP contribution >= 0.6 is 0 Å². The summed E-state index contributed by atoms with van der Waals surface area (Å²) in [6.45, 7) is 4.32. The molecule has 342 valence electrons. The predicted octanol–water partition coefficient (Wildman–Crippen LogP) is 11.7. The number of likely N-dealkylation sites (N-methyl/N-ethyl adjacent to an activating group) is 1. The van der Waals surface area contributed by atoms with Crippen LogP contribution in [0.3, 0.4) is 0 Å². The second-order valence-electron chi connectivity index (χ2n) is 15.9. The number of nitrogens with zero attached hydrogens (tertiary/aromatic N) is 1. The van der Waals surface area contributed by atoms with Gasteiger partial charge in [-0.3, -0.25) is 9.59 Å². The quantitative estimate of drug-likeness (QED) is 0.0263. The van der Waals surface area contributed by atoms with E-state index in [4.69, 9.17) is 14.2 Å². The van der Waals surface area contributed by atoms with Crippen molar-refractivity contribution in [1.29, 1.82) is 0 Å². The molecular formula is C53H83NO7. The van der Waals surface area contributed by atoms with E-state index in [2.05, 4.69) is 135 Å². The van der Waals surface area contributed by atoms with Gasteiger partial charge in [0, 0.05) is 19.3 Å². The summed E-state index contributed by atoms with van der Waals surface area (Å²) in [5.41, 5.74) is 0. The van der Waals surface area contributed by atoms with Gasteiger partial charge in [-0.25, -0.2) is 0 Å². The van der Waals surface area contributed by atoms with Crippen LogP contribution in [0.4, 0.5) is 0 Å². The Morgan fingerprint density at radius 3 is 1.28 bits per heavy atom. The SMILES string of the molecule is CC/C=C/C/C=C/C/C=C/C/C=C/C/C=C/C/C=C/CCCCC(=O)OC(COCCC(C(=O)[O-])[N+](C)(C)C)COC(=O)CCCCC/C=C/C/C=C/C/C=C/C/C=C/CC. The lowest BCUT2D eigenvalue weighted by atomic mass is 10.1. The summed E-state index contributed by atoms with van der Waals surface area (Å²) in [7, 11) is 5.37. The first kappa shape index (κ1) is 56.7. The molecule has 8 heteroatoms. The van der Waals surface area contributed by atoms with Gasteiger partial charge in [-0.2, -0.15) is 0 Å². The molecule has 2 unspecified atom stereocenters. The van der Waals surface area contributed by atoms with Crippen molar-refractivity contribution in [2.75, 3.05) is 41.0 Å². The highest BCUT2D eigenvalue weighted by molar-refractivity contribution is 5.70. The molecule has 2 atom stereocenters. The maximum Gasteiger partial charge on any atom is 0.306 e. The fourth-order valence-electron chi connectivity index (χ4n) is 5.83. The van der Waals surface area contributed by atoms with Crippen molar-refractivity contribution in [1.82, 2.24) is 0 Å². The van der Waals surface area contributed by atoms with Crippen molar-refractivity contribution in [3.63, 3.8) is 0 Å². The number of rotatable bonds is 39. The molecule has 0 aromatic carbocycles. The number of hydrogen-bond acceptors (Lipinski definition) is 7. The summed E-state index contributed by atoms with van der Waals surface area (Å²) in [6, 6.07) is -0.747. The minimum absolute atomic E-state index is 0.00331. The first-order valence-corrected chi connectivity index (χ1v) is 23.1. The molecule has 0 spiro atoms. The number of unbranched alkanes of at least 4 members (excludes halogenated alkanes) is 5. The van der Waals surface area contributed by atoms with Crippen molar-refractivity contribution in [2.24, 2.45) is 0 Å². The Morgan fingerprint density at radius 2 is 0.869 bits per heavy atom. The molecule has 0 aliphatic carbocycles. The number of quaternary nitrogens is 1. The van der Waals surface area contributed by atoms with Crippen LogP contribution in [-0.4, -0.2) is 75.5 Å². The molecule has 0 rings (SSSR count). The van der Waals surface area contributed by atoms with Crippen molar-refractivity contribution in [3.05, 3.63) is 122 Å². The smallest absolute Gasteiger partial charge is 0.306 e. The molecule has 0 aliphatic rings. The summed E-state index contributed by atoms with van der Waals surface area (Å²) in [6.07, 6.45) is 59.4. The Bertz CT molecular complexity index is 1400. The van der Waals surface area contributed by atoms with Crippen molar-refractivity contribution < 1.29 is 38.2 Å². The lowest BCUT2D eigenvalue weighted by Crippen LogP contribution is -2.55. The molecular weight excluding hydrogens is 763 g/mol. The third-order valence-electron chi connectivity index (χ3n) is 9.34. The number of carboxylic acid groups (broad SMARTS) is 1. The lowest BCUT2D eigenvalue weighted by Gasteiger charge is -2.34. The van der Waals surface area contributed by atoms with Gasteiger partial charge in [0.05, 0.1) is 40.3 Å². The van der Waals surface area contributed by atoms with Crippen LogP contribution in [-0.2, 0) is 28.6 Å². The highest BCUT2D eigenvalue weighted by Gasteiger charge is 2.25. The Kier molecular flexibility index (Phi) is 39.5. The zero-order valence-corrected chi connectivity index (χ0v) is 38.8. The summed E-state index contributed by atoms with van der Waals surface area (Å²) in [5.74, 6) is -1.85. The van der Waals surface area contributed by atoms with Crippen LogP contribution < -0.4 is 5.11 Å². The second kappa shape index (κ2) is 42.4. The Morgan fingerprint density at radius 1 is 0.492 bits per heavy atom. The van der Waals surface area contributed by atoms with Gasteiger partial charge in [0.1, 0.15) is 12.6 Å². The number of ether oxygens (including phenoxy) is 3. The van der Waals surface area contributed by atoms with Crippen LogP contribution in [0, 0.1) is 0 Å². The molecule has 0 aromatic heterocycles. The van der Waals surface area contributed by atoms with Gasteiger partial charge in [0.2, 0.25) is 0 Å². The van der Waals surface area contributed by atoms with Crippen molar-refractivity contribution >= 4 is 17.9 Å². The van der Waals surface area contributed by atoms with E-state index >= 15 is 0 Å². The normalized spacial score (nSPS) is 14.0. The van der Waals surface area contributed by atoms with Crippen LogP contribution in [0.5, 0.6) is 0 Å². The molecule has 8 nitrogen and oxygen atoms in total. The Hall–Kier alpha value is -4.27. The number of carbonyl (C=O) groups is 3. The molecule has 0 aromatic rings. The van der Waals surface area contributed by atoms with E-state index in [9.17, 15) is 19.5 Å². The molecule has 61 heavy (non-hydrogen) atoms. The van der Waals surface area contributed by atoms with Gasteiger partial charge >= 0.3 is 11.9 Å². The topological polar surface area (TPSA) is 102 Å². The molecule has 0 N–H and O–H groups in total. The van der Waals surface area contributed by atoms with Gasteiger partial charge < -0.3 is 28.6 Å². The minimum Gasteiger partial charge on any atom is -0.544 e. The predicted molar refractivity (Wildman–Crippen MR) is 254 cm³/mol. The zero-order chi connectivity index (χ0) is 44.9. The average molecular weight is 846 g/mol. The van der Waals surface area contributed by atoms with E-state index in [0.717, 1.165) is 103 Å². The first-order chi connectivity index (χ1) is 29.6. The van der Waals surface area contributed by atoms with E-state index < -0.39 is 18.1 Å². The molecule has 0 aliphatic heterocycles. The average Bonchev–Trinajstić information content (AvgIpc) is 3.22. The van der Waals surface area contributed by atoms with Crippen molar-refractivity contribution in [3.8, 4) is 0 Å². The highest BCUT2D eigenvalue weighted by Crippen LogP contribution is 2.11. The van der Waals surface area contributed by atoms with E-state index in [-0.39, 0.29) is 49.1 Å². The summed E-state index contributed by atoms with van der Waals surface area (Å²) >= 11 is 0. The monoisotopic (exact) mass is 846 g/mol. The Balaban J connectivity index is 4.49. The standard InChI is InChI=1S/C53H83NO7/c1-6-8-10-12-14-16-18-20-22-24-25-26-27-28-30-32-34-36-38-40-42-44-52(56)61-49(47-59-46-45-50(53(57)58)54(3,4)5)48-60-51(55)43-41-39-37-35-33-31-29-23-21-19-17-15-13-11-9-7-2/h8-11,14-17,20-23,25-26,28,30-31,33-34,36,49-50H,6-7,12-13,18-19,24,27,29,32,35,37-48H2,1-5H3/b10-8+,11-9+,16-14+,17-15+,22-20+,23-21+,26-25+,30-28+,33-31+,36-34+. The first-order valence-electron chi connectivity index (χ1n) is 23.1. The third-order valence-corrected chi connectivity index (χ3v) is 9.34. The summed E-state index contributed by atoms with van der Waals surface area (Å²) in [4.78, 5) is 36.9. The number of aliphatic carboxylic acids is 1. The third kappa shape index (κ3) is 40.9. The van der Waals surface area contributed by atoms with Crippen molar-refractivity contribution in [2.45, 2.75) is 154 Å². The maximum absolute atomic E-state index is 12.7. The van der Waals surface area contributed by atoms with Crippen LogP contribution in [0.1, 0.15) is 142 Å². The van der Waals surface area contributed by atoms with Crippen LogP contribution in [0.2, 0.25) is 0 Å². The fourth-order valence-corrected chi connectivity index (χ4v) is 5.83. The molecule has 0 saturated carbocycles. The second-order valence-corrected chi connectivity index (χ2v) is 15.9. The molecule has 0 bridgehead atoms. The number of allylic oxidation sites excluding steroid dienone is 20. The van der Waals surface area contributed by atoms with Gasteiger partial charge in [0.25, 0.3) is 0 Å². The minimum atomic E-state index is -1.14. The lowest BCUT2D eigenvalue weighted by molar-refractivity contribution is -0.889. The van der Waals surface area contributed by atoms with Gasteiger partial charge in [-0.1, -0.05) is 142 Å². The fraction of sp³-hybridized carbons (Fsp3) is 0.566. The largest absolute Gasteiger partial charge is 0.544 e. The van der Waals surface area contributed by atoms with Gasteiger partial charge in [-0.05, 0) is 103 Å². The van der Waals surface area contributed by atoms with E-state index in [1.807, 2.05) is 0 Å². The van der Waals surface area contributed by atoms with Gasteiger partial charge in [0.15, 0.2) is 6.10 Å². The molecule has 0 heterocycles. The molecule has 0 fully saturated rings. The summed E-state index contributed by atoms with van der Waals surface area (Å²) in [5, 5.41) is 11.6. The molecule has 0 radical (unpaired) electrons. The summed E-state index contributed by atoms with van der Waals surface area (Å²) < 4.78 is 17.1. The number of esters is 2. The van der Waals surface area contributed by atoms with Crippen LogP contribution in [0.15, 0.2) is 122 Å². The number of carboxylic acids is 1. The molecule has 0 saturated heterocycles. The number of hydrogen-bond donors (Lipinski definition) is 0. The maximum atomic E-state index is 12.7. The highest BCUT2D eigenvalue weighted by atomic mass is 16.6.